The van der Waals surface area contributed by atoms with Gasteiger partial charge in [0.05, 0.1) is 28.6 Å². The first-order chi connectivity index (χ1) is 12.7. The van der Waals surface area contributed by atoms with Crippen LogP contribution in [0.4, 0.5) is 5.69 Å². The lowest BCUT2D eigenvalue weighted by Gasteiger charge is -2.20. The number of benzene rings is 2. The highest BCUT2D eigenvalue weighted by Crippen LogP contribution is 2.25. The van der Waals surface area contributed by atoms with Crippen molar-refractivity contribution in [1.82, 2.24) is 9.13 Å². The fourth-order valence-corrected chi connectivity index (χ4v) is 4.05. The third-order valence-corrected chi connectivity index (χ3v) is 6.31. The van der Waals surface area contributed by atoms with Gasteiger partial charge in [-0.25, -0.2) is 13.2 Å². The number of aryl methyl sites for hydroxylation is 1. The van der Waals surface area contributed by atoms with E-state index in [1.807, 2.05) is 0 Å². The Kier molecular flexibility index (Phi) is 4.56. The summed E-state index contributed by atoms with van der Waals surface area (Å²) in [6.45, 7) is 0. The summed E-state index contributed by atoms with van der Waals surface area (Å²) in [6, 6.07) is 10.7. The maximum Gasteiger partial charge on any atom is 0.330 e. The zero-order valence-corrected chi connectivity index (χ0v) is 16.1. The molecule has 0 atom stereocenters. The van der Waals surface area contributed by atoms with E-state index in [2.05, 4.69) is 0 Å². The summed E-state index contributed by atoms with van der Waals surface area (Å²) in [7, 11) is 1.94. The molecular weight excluding hydrogens is 370 g/mol. The first-order valence-corrected chi connectivity index (χ1v) is 9.45. The second kappa shape index (κ2) is 6.58. The van der Waals surface area contributed by atoms with E-state index in [1.165, 1.54) is 51.0 Å². The first kappa shape index (κ1) is 18.7. The molecule has 8 nitrogen and oxygen atoms in total. The van der Waals surface area contributed by atoms with Crippen LogP contribution in [0.15, 0.2) is 56.9 Å². The molecule has 0 aliphatic heterocycles. The molecule has 0 radical (unpaired) electrons. The molecule has 142 valence electrons. The van der Waals surface area contributed by atoms with Gasteiger partial charge in [0.1, 0.15) is 5.75 Å². The monoisotopic (exact) mass is 389 g/mol. The number of methoxy groups -OCH3 is 1. The van der Waals surface area contributed by atoms with Crippen molar-refractivity contribution in [3.8, 4) is 5.75 Å². The van der Waals surface area contributed by atoms with Crippen LogP contribution < -0.4 is 20.3 Å². The van der Waals surface area contributed by atoms with Gasteiger partial charge in [-0.3, -0.25) is 18.2 Å². The van der Waals surface area contributed by atoms with Crippen LogP contribution in [0.3, 0.4) is 0 Å². The van der Waals surface area contributed by atoms with E-state index < -0.39 is 21.3 Å². The van der Waals surface area contributed by atoms with Crippen molar-refractivity contribution in [1.29, 1.82) is 0 Å². The molecule has 0 spiro atoms. The Bertz CT molecular complexity index is 1240. The number of ether oxygens (including phenoxy) is 1. The molecular formula is C18H19N3O5S. The molecule has 0 unspecified atom stereocenters. The van der Waals surface area contributed by atoms with Crippen molar-refractivity contribution in [2.45, 2.75) is 4.90 Å². The van der Waals surface area contributed by atoms with Crippen LogP contribution in [-0.2, 0) is 24.1 Å². The molecule has 0 aliphatic rings. The lowest BCUT2D eigenvalue weighted by atomic mass is 10.2. The second-order valence-electron chi connectivity index (χ2n) is 6.06. The third kappa shape index (κ3) is 2.99. The van der Waals surface area contributed by atoms with Crippen molar-refractivity contribution < 1.29 is 13.2 Å². The summed E-state index contributed by atoms with van der Waals surface area (Å²) >= 11 is 0. The van der Waals surface area contributed by atoms with Crippen molar-refractivity contribution in [2.24, 2.45) is 14.1 Å². The van der Waals surface area contributed by atoms with Crippen LogP contribution in [0.5, 0.6) is 5.75 Å². The molecule has 0 saturated carbocycles. The van der Waals surface area contributed by atoms with E-state index in [-0.39, 0.29) is 10.3 Å². The summed E-state index contributed by atoms with van der Waals surface area (Å²) in [5.41, 5.74) is -0.200. The Morgan fingerprint density at radius 1 is 0.963 bits per heavy atom. The smallest absolute Gasteiger partial charge is 0.330 e. The number of sulfonamides is 1. The fourth-order valence-electron chi connectivity index (χ4n) is 2.82. The van der Waals surface area contributed by atoms with Gasteiger partial charge in [0.15, 0.2) is 0 Å². The zero-order valence-electron chi connectivity index (χ0n) is 15.3. The Labute approximate surface area is 155 Å². The van der Waals surface area contributed by atoms with Crippen molar-refractivity contribution >= 4 is 26.6 Å². The van der Waals surface area contributed by atoms with Crippen molar-refractivity contribution in [3.63, 3.8) is 0 Å². The van der Waals surface area contributed by atoms with Gasteiger partial charge in [0.25, 0.3) is 15.6 Å². The highest BCUT2D eigenvalue weighted by atomic mass is 32.2. The summed E-state index contributed by atoms with van der Waals surface area (Å²) in [6.07, 6.45) is 0. The maximum atomic E-state index is 13.0. The number of aromatic nitrogens is 2. The van der Waals surface area contributed by atoms with E-state index in [0.717, 1.165) is 8.87 Å². The Hall–Kier alpha value is -3.07. The minimum atomic E-state index is -3.90. The molecule has 0 saturated heterocycles. The Morgan fingerprint density at radius 2 is 1.59 bits per heavy atom. The predicted molar refractivity (Wildman–Crippen MR) is 103 cm³/mol. The van der Waals surface area contributed by atoms with E-state index in [4.69, 9.17) is 4.74 Å². The minimum Gasteiger partial charge on any atom is -0.497 e. The van der Waals surface area contributed by atoms with E-state index in [9.17, 15) is 18.0 Å². The molecule has 0 fully saturated rings. The van der Waals surface area contributed by atoms with Gasteiger partial charge in [-0.15, -0.1) is 0 Å². The third-order valence-electron chi connectivity index (χ3n) is 4.53. The average molecular weight is 389 g/mol. The number of hydrogen-bond acceptors (Lipinski definition) is 5. The molecule has 27 heavy (non-hydrogen) atoms. The molecule has 1 aromatic heterocycles. The molecule has 3 aromatic rings. The van der Waals surface area contributed by atoms with E-state index in [0.29, 0.717) is 17.0 Å². The minimum absolute atomic E-state index is 0.0379. The largest absolute Gasteiger partial charge is 0.497 e. The van der Waals surface area contributed by atoms with Gasteiger partial charge < -0.3 is 4.74 Å². The standard InChI is InChI=1S/C18H19N3O5S/c1-19-16-10-9-14(11-15(16)17(22)20(2)18(19)23)27(24,25)21(3)12-5-7-13(26-4)8-6-12/h5-11H,1-4H3. The van der Waals surface area contributed by atoms with Gasteiger partial charge in [0.2, 0.25) is 0 Å². The molecule has 1 heterocycles. The molecule has 3 rings (SSSR count). The number of hydrogen-bond donors (Lipinski definition) is 0. The van der Waals surface area contributed by atoms with Crippen LogP contribution in [0.25, 0.3) is 10.9 Å². The average Bonchev–Trinajstić information content (AvgIpc) is 2.69. The van der Waals surface area contributed by atoms with Crippen LogP contribution in [0.2, 0.25) is 0 Å². The SMILES string of the molecule is COc1ccc(N(C)S(=O)(=O)c2ccc3c(c2)c(=O)n(C)c(=O)n3C)cc1. The normalized spacial score (nSPS) is 11.6. The Balaban J connectivity index is 2.15. The van der Waals surface area contributed by atoms with E-state index in [1.54, 1.807) is 24.3 Å². The van der Waals surface area contributed by atoms with Crippen molar-refractivity contribution in [3.05, 3.63) is 63.3 Å². The van der Waals surface area contributed by atoms with Gasteiger partial charge in [-0.05, 0) is 42.5 Å². The second-order valence-corrected chi connectivity index (χ2v) is 8.02. The highest BCUT2D eigenvalue weighted by Gasteiger charge is 2.23. The molecule has 0 aliphatic carbocycles. The van der Waals surface area contributed by atoms with Crippen LogP contribution in [-0.4, -0.2) is 31.7 Å². The summed E-state index contributed by atoms with van der Waals surface area (Å²) < 4.78 is 34.5. The van der Waals surface area contributed by atoms with E-state index >= 15 is 0 Å². The molecule has 2 aromatic carbocycles. The van der Waals surface area contributed by atoms with Crippen LogP contribution >= 0.6 is 0 Å². The maximum absolute atomic E-state index is 13.0. The molecule has 0 amide bonds. The number of anilines is 1. The van der Waals surface area contributed by atoms with Gasteiger partial charge in [-0.2, -0.15) is 0 Å². The lowest BCUT2D eigenvalue weighted by Crippen LogP contribution is -2.37. The fraction of sp³-hybridized carbons (Fsp3) is 0.222. The predicted octanol–water partition coefficient (Wildman–Crippen LogP) is 1.07. The quantitative estimate of drug-likeness (QED) is 0.666. The van der Waals surface area contributed by atoms with Gasteiger partial charge in [0, 0.05) is 21.1 Å². The highest BCUT2D eigenvalue weighted by molar-refractivity contribution is 7.92. The molecule has 0 bridgehead atoms. The topological polar surface area (TPSA) is 90.6 Å². The summed E-state index contributed by atoms with van der Waals surface area (Å²) in [4.78, 5) is 24.4. The number of nitrogens with zero attached hydrogens (tertiary/aromatic N) is 3. The number of fused-ring (bicyclic) bond motifs is 1. The first-order valence-electron chi connectivity index (χ1n) is 8.01. The molecule has 9 heteroatoms. The zero-order chi connectivity index (χ0) is 19.9. The number of rotatable bonds is 4. The lowest BCUT2D eigenvalue weighted by molar-refractivity contribution is 0.415. The van der Waals surface area contributed by atoms with Gasteiger partial charge in [-0.1, -0.05) is 0 Å². The van der Waals surface area contributed by atoms with Crippen LogP contribution in [0.1, 0.15) is 0 Å². The summed E-state index contributed by atoms with van der Waals surface area (Å²) in [5.74, 6) is 0.611. The Morgan fingerprint density at radius 3 is 2.19 bits per heavy atom. The van der Waals surface area contributed by atoms with Gasteiger partial charge >= 0.3 is 5.69 Å². The van der Waals surface area contributed by atoms with Crippen LogP contribution in [0, 0.1) is 0 Å². The summed E-state index contributed by atoms with van der Waals surface area (Å²) in [5, 5.41) is 0.156. The van der Waals surface area contributed by atoms with Crippen molar-refractivity contribution in [2.75, 3.05) is 18.5 Å². The molecule has 0 N–H and O–H groups in total.